The zero-order valence-electron chi connectivity index (χ0n) is 14.9. The second-order valence-corrected chi connectivity index (χ2v) is 6.73. The summed E-state index contributed by atoms with van der Waals surface area (Å²) < 4.78 is 5.24. The van der Waals surface area contributed by atoms with Gasteiger partial charge < -0.3 is 14.7 Å². The summed E-state index contributed by atoms with van der Waals surface area (Å²) in [5.41, 5.74) is 3.18. The molecule has 7 heteroatoms. The van der Waals surface area contributed by atoms with Crippen LogP contribution in [0.5, 0.6) is 0 Å². The minimum Gasteiger partial charge on any atom is -0.355 e. The molecule has 0 spiro atoms. The van der Waals surface area contributed by atoms with Gasteiger partial charge in [-0.15, -0.1) is 0 Å². The molecule has 1 aliphatic heterocycles. The maximum absolute atomic E-state index is 12.8. The van der Waals surface area contributed by atoms with Crippen molar-refractivity contribution in [2.75, 3.05) is 23.3 Å². The standard InChI is InChI=1S/C19H21N5O2/c1-12-6-3-4-8-15(12)22-18(25)14-7-5-9-24(10-14)17-16-13(2)23-26-19(16)21-11-20-17/h3-4,6,8,11,14H,5,7,9-10H2,1-2H3,(H,22,25). The lowest BCUT2D eigenvalue weighted by Gasteiger charge is -2.33. The molecule has 1 atom stereocenters. The number of hydrogen-bond donors (Lipinski definition) is 1. The van der Waals surface area contributed by atoms with Crippen molar-refractivity contribution in [1.82, 2.24) is 15.1 Å². The Morgan fingerprint density at radius 2 is 2.12 bits per heavy atom. The number of aryl methyl sites for hydroxylation is 2. The molecule has 1 fully saturated rings. The molecule has 0 aliphatic carbocycles. The van der Waals surface area contributed by atoms with Crippen LogP contribution < -0.4 is 10.2 Å². The van der Waals surface area contributed by atoms with E-state index in [4.69, 9.17) is 4.52 Å². The Balaban J connectivity index is 1.55. The number of hydrogen-bond acceptors (Lipinski definition) is 6. The summed E-state index contributed by atoms with van der Waals surface area (Å²) >= 11 is 0. The number of rotatable bonds is 3. The van der Waals surface area contributed by atoms with Gasteiger partial charge in [0.2, 0.25) is 5.91 Å². The first-order valence-corrected chi connectivity index (χ1v) is 8.82. The third-order valence-electron chi connectivity index (χ3n) is 4.92. The number of nitrogens with zero attached hydrogens (tertiary/aromatic N) is 4. The Morgan fingerprint density at radius 1 is 1.27 bits per heavy atom. The quantitative estimate of drug-likeness (QED) is 0.781. The number of piperidine rings is 1. The van der Waals surface area contributed by atoms with Crippen LogP contribution in [0.3, 0.4) is 0 Å². The fourth-order valence-corrected chi connectivity index (χ4v) is 3.48. The van der Waals surface area contributed by atoms with E-state index in [9.17, 15) is 4.79 Å². The zero-order chi connectivity index (χ0) is 18.1. The molecule has 1 amide bonds. The smallest absolute Gasteiger partial charge is 0.263 e. The van der Waals surface area contributed by atoms with Crippen molar-refractivity contribution in [3.63, 3.8) is 0 Å². The number of carbonyl (C=O) groups is 1. The number of anilines is 2. The first kappa shape index (κ1) is 16.5. The molecular formula is C19H21N5O2. The van der Waals surface area contributed by atoms with Crippen LogP contribution in [0.15, 0.2) is 35.1 Å². The van der Waals surface area contributed by atoms with Gasteiger partial charge in [0.1, 0.15) is 17.5 Å². The second kappa shape index (κ2) is 6.74. The number of amides is 1. The van der Waals surface area contributed by atoms with E-state index in [1.165, 1.54) is 6.33 Å². The molecule has 2 aromatic heterocycles. The highest BCUT2D eigenvalue weighted by molar-refractivity contribution is 5.94. The van der Waals surface area contributed by atoms with Crippen molar-refractivity contribution < 1.29 is 9.32 Å². The summed E-state index contributed by atoms with van der Waals surface area (Å²) in [6.45, 7) is 5.35. The topological polar surface area (TPSA) is 84.2 Å². The molecule has 134 valence electrons. The fraction of sp³-hybridized carbons (Fsp3) is 0.368. The van der Waals surface area contributed by atoms with Crippen molar-refractivity contribution >= 4 is 28.5 Å². The molecule has 26 heavy (non-hydrogen) atoms. The number of carbonyl (C=O) groups excluding carboxylic acids is 1. The molecule has 0 radical (unpaired) electrons. The van der Waals surface area contributed by atoms with Crippen LogP contribution >= 0.6 is 0 Å². The molecule has 0 bridgehead atoms. The molecule has 7 nitrogen and oxygen atoms in total. The number of aromatic nitrogens is 3. The monoisotopic (exact) mass is 351 g/mol. The van der Waals surface area contributed by atoms with Gasteiger partial charge in [-0.1, -0.05) is 23.4 Å². The van der Waals surface area contributed by atoms with Crippen LogP contribution in [0.2, 0.25) is 0 Å². The molecule has 3 heterocycles. The molecule has 4 rings (SSSR count). The highest BCUT2D eigenvalue weighted by Gasteiger charge is 2.28. The van der Waals surface area contributed by atoms with Gasteiger partial charge in [0.25, 0.3) is 5.71 Å². The summed E-state index contributed by atoms with van der Waals surface area (Å²) in [7, 11) is 0. The molecular weight excluding hydrogens is 330 g/mol. The largest absolute Gasteiger partial charge is 0.355 e. The van der Waals surface area contributed by atoms with Crippen LogP contribution in [-0.4, -0.2) is 34.1 Å². The third-order valence-corrected chi connectivity index (χ3v) is 4.92. The molecule has 3 aromatic rings. The minimum atomic E-state index is -0.0893. The second-order valence-electron chi connectivity index (χ2n) is 6.73. The molecule has 1 aliphatic rings. The minimum absolute atomic E-state index is 0.0522. The number of benzene rings is 1. The fourth-order valence-electron chi connectivity index (χ4n) is 3.48. The first-order chi connectivity index (χ1) is 12.6. The highest BCUT2D eigenvalue weighted by Crippen LogP contribution is 2.30. The van der Waals surface area contributed by atoms with Crippen molar-refractivity contribution in [2.45, 2.75) is 26.7 Å². The maximum Gasteiger partial charge on any atom is 0.263 e. The van der Waals surface area contributed by atoms with Crippen molar-refractivity contribution in [3.05, 3.63) is 41.9 Å². The van der Waals surface area contributed by atoms with Gasteiger partial charge >= 0.3 is 0 Å². The first-order valence-electron chi connectivity index (χ1n) is 8.82. The van der Waals surface area contributed by atoms with Crippen molar-refractivity contribution in [2.24, 2.45) is 5.92 Å². The Labute approximate surface area is 151 Å². The van der Waals surface area contributed by atoms with Crippen molar-refractivity contribution in [1.29, 1.82) is 0 Å². The van der Waals surface area contributed by atoms with Crippen LogP contribution in [0, 0.1) is 19.8 Å². The summed E-state index contributed by atoms with van der Waals surface area (Å²) in [5, 5.41) is 7.88. The van der Waals surface area contributed by atoms with Gasteiger partial charge in [-0.3, -0.25) is 4.79 Å². The van der Waals surface area contributed by atoms with Gasteiger partial charge in [-0.2, -0.15) is 4.98 Å². The lowest BCUT2D eigenvalue weighted by atomic mass is 9.96. The van der Waals surface area contributed by atoms with Gasteiger partial charge in [-0.25, -0.2) is 4.98 Å². The molecule has 0 saturated carbocycles. The van der Waals surface area contributed by atoms with Gasteiger partial charge in [-0.05, 0) is 38.3 Å². The predicted octanol–water partition coefficient (Wildman–Crippen LogP) is 3.09. The van der Waals surface area contributed by atoms with Crippen molar-refractivity contribution in [3.8, 4) is 0 Å². The average Bonchev–Trinajstić information content (AvgIpc) is 3.05. The summed E-state index contributed by atoms with van der Waals surface area (Å²) in [4.78, 5) is 23.5. The van der Waals surface area contributed by atoms with Gasteiger partial charge in [0, 0.05) is 18.8 Å². The summed E-state index contributed by atoms with van der Waals surface area (Å²) in [5.74, 6) is 0.756. The van der Waals surface area contributed by atoms with Crippen LogP contribution in [-0.2, 0) is 4.79 Å². The van der Waals surface area contributed by atoms with E-state index in [1.54, 1.807) is 0 Å². The zero-order valence-corrected chi connectivity index (χ0v) is 14.9. The van der Waals surface area contributed by atoms with E-state index >= 15 is 0 Å². The number of fused-ring (bicyclic) bond motifs is 1. The van der Waals surface area contributed by atoms with Crippen LogP contribution in [0.4, 0.5) is 11.5 Å². The predicted molar refractivity (Wildman–Crippen MR) is 99.1 cm³/mol. The van der Waals surface area contributed by atoms with E-state index in [0.717, 1.165) is 47.5 Å². The lowest BCUT2D eigenvalue weighted by molar-refractivity contribution is -0.120. The number of para-hydroxylation sites is 1. The molecule has 1 N–H and O–H groups in total. The summed E-state index contributed by atoms with van der Waals surface area (Å²) in [6.07, 6.45) is 3.28. The Hall–Kier alpha value is -2.96. The van der Waals surface area contributed by atoms with Crippen LogP contribution in [0.1, 0.15) is 24.1 Å². The highest BCUT2D eigenvalue weighted by atomic mass is 16.5. The summed E-state index contributed by atoms with van der Waals surface area (Å²) in [6, 6.07) is 7.83. The maximum atomic E-state index is 12.8. The van der Waals surface area contributed by atoms with Gasteiger partial charge in [0.15, 0.2) is 0 Å². The van der Waals surface area contributed by atoms with Crippen LogP contribution in [0.25, 0.3) is 11.1 Å². The van der Waals surface area contributed by atoms with Gasteiger partial charge in [0.05, 0.1) is 11.6 Å². The lowest BCUT2D eigenvalue weighted by Crippen LogP contribution is -2.41. The normalized spacial score (nSPS) is 17.5. The van der Waals surface area contributed by atoms with E-state index in [0.29, 0.717) is 12.3 Å². The number of nitrogens with one attached hydrogen (secondary N) is 1. The van der Waals surface area contributed by atoms with E-state index in [2.05, 4.69) is 25.3 Å². The molecule has 1 unspecified atom stereocenters. The Kier molecular flexibility index (Phi) is 4.28. The third kappa shape index (κ3) is 3.00. The van der Waals surface area contributed by atoms with E-state index < -0.39 is 0 Å². The van der Waals surface area contributed by atoms with E-state index in [1.807, 2.05) is 38.1 Å². The molecule has 1 saturated heterocycles. The average molecular weight is 351 g/mol. The Morgan fingerprint density at radius 3 is 2.96 bits per heavy atom. The Bertz CT molecular complexity index is 952. The van der Waals surface area contributed by atoms with E-state index in [-0.39, 0.29) is 11.8 Å². The molecule has 1 aromatic carbocycles. The SMILES string of the molecule is Cc1ccccc1NC(=O)C1CCCN(c2ncnc3onc(C)c23)C1.